The number of carbonyl (C=O) groups is 1. The third-order valence-corrected chi connectivity index (χ3v) is 5.97. The molecule has 0 unspecified atom stereocenters. The normalized spacial score (nSPS) is 20.0. The number of hydrogen-bond donors (Lipinski definition) is 0. The lowest BCUT2D eigenvalue weighted by molar-refractivity contribution is 0.0299. The molecular weight excluding hydrogens is 373 g/mol. The van der Waals surface area contributed by atoms with E-state index in [0.717, 1.165) is 37.9 Å². The molecule has 29 heavy (non-hydrogen) atoms. The summed E-state index contributed by atoms with van der Waals surface area (Å²) in [5.74, 6) is -0.258. The van der Waals surface area contributed by atoms with Gasteiger partial charge in [0.15, 0.2) is 5.69 Å². The first-order chi connectivity index (χ1) is 14.1. The molecule has 1 aromatic carbocycles. The van der Waals surface area contributed by atoms with Crippen molar-refractivity contribution in [3.63, 3.8) is 0 Å². The Morgan fingerprint density at radius 3 is 2.55 bits per heavy atom. The van der Waals surface area contributed by atoms with Crippen molar-refractivity contribution < 1.29 is 13.9 Å². The van der Waals surface area contributed by atoms with Gasteiger partial charge in [-0.1, -0.05) is 17.3 Å². The monoisotopic (exact) mass is 401 g/mol. The summed E-state index contributed by atoms with van der Waals surface area (Å²) in [4.78, 5) is 16.8. The van der Waals surface area contributed by atoms with Gasteiger partial charge < -0.3 is 14.5 Å². The zero-order chi connectivity index (χ0) is 20.2. The van der Waals surface area contributed by atoms with Gasteiger partial charge in [-0.2, -0.15) is 0 Å². The van der Waals surface area contributed by atoms with Crippen LogP contribution in [0, 0.1) is 5.82 Å². The summed E-state index contributed by atoms with van der Waals surface area (Å²) in [6.45, 7) is 6.53. The van der Waals surface area contributed by atoms with Gasteiger partial charge in [0.05, 0.1) is 25.5 Å². The average Bonchev–Trinajstić information content (AvgIpc) is 3.26. The SMILES string of the molecule is C[C@@H](Cc1ccc(F)cc1)N1CCC(n2cc(C(=O)N3CCOCC3)nn2)CC1. The Labute approximate surface area is 170 Å². The third kappa shape index (κ3) is 4.82. The van der Waals surface area contributed by atoms with E-state index >= 15 is 0 Å². The number of carbonyl (C=O) groups excluding carboxylic acids is 1. The van der Waals surface area contributed by atoms with Crippen molar-refractivity contribution in [2.75, 3.05) is 39.4 Å². The van der Waals surface area contributed by atoms with Gasteiger partial charge in [-0.25, -0.2) is 9.07 Å². The molecule has 2 aliphatic heterocycles. The molecule has 0 spiro atoms. The van der Waals surface area contributed by atoms with Gasteiger partial charge in [-0.15, -0.1) is 5.10 Å². The molecule has 2 fully saturated rings. The summed E-state index contributed by atoms with van der Waals surface area (Å²) < 4.78 is 20.2. The summed E-state index contributed by atoms with van der Waals surface area (Å²) in [7, 11) is 0. The molecule has 1 atom stereocenters. The van der Waals surface area contributed by atoms with Crippen LogP contribution >= 0.6 is 0 Å². The first kappa shape index (κ1) is 20.0. The lowest BCUT2D eigenvalue weighted by atomic mass is 10.0. The van der Waals surface area contributed by atoms with Crippen molar-refractivity contribution in [3.8, 4) is 0 Å². The third-order valence-electron chi connectivity index (χ3n) is 5.97. The highest BCUT2D eigenvalue weighted by atomic mass is 19.1. The number of likely N-dealkylation sites (tertiary alicyclic amines) is 1. The minimum Gasteiger partial charge on any atom is -0.378 e. The molecule has 2 aromatic rings. The maximum absolute atomic E-state index is 13.1. The molecule has 1 amide bonds. The van der Waals surface area contributed by atoms with E-state index in [4.69, 9.17) is 4.74 Å². The maximum atomic E-state index is 13.1. The second kappa shape index (κ2) is 9.00. The standard InChI is InChI=1S/C21H28FN5O2/c1-16(14-17-2-4-18(22)5-3-17)25-8-6-19(7-9-25)27-15-20(23-24-27)21(28)26-10-12-29-13-11-26/h2-5,15-16,19H,6-14H2,1H3/t16-/m0/s1. The van der Waals surface area contributed by atoms with Crippen LogP contribution in [0.1, 0.15) is 41.9 Å². The van der Waals surface area contributed by atoms with E-state index in [2.05, 4.69) is 22.1 Å². The second-order valence-corrected chi connectivity index (χ2v) is 7.94. The predicted molar refractivity (Wildman–Crippen MR) is 106 cm³/mol. The minimum absolute atomic E-state index is 0.0649. The zero-order valence-corrected chi connectivity index (χ0v) is 16.8. The number of morpholine rings is 1. The Hall–Kier alpha value is -2.32. The van der Waals surface area contributed by atoms with E-state index < -0.39 is 0 Å². The van der Waals surface area contributed by atoms with Crippen LogP contribution in [-0.4, -0.2) is 76.1 Å². The highest BCUT2D eigenvalue weighted by Crippen LogP contribution is 2.24. The number of ether oxygens (including phenoxy) is 1. The van der Waals surface area contributed by atoms with E-state index in [9.17, 15) is 9.18 Å². The van der Waals surface area contributed by atoms with Gasteiger partial charge in [0.25, 0.3) is 5.91 Å². The van der Waals surface area contributed by atoms with Gasteiger partial charge >= 0.3 is 0 Å². The number of hydrogen-bond acceptors (Lipinski definition) is 5. The van der Waals surface area contributed by atoms with Crippen LogP contribution in [0.15, 0.2) is 30.5 Å². The van der Waals surface area contributed by atoms with Crippen molar-refractivity contribution in [2.45, 2.75) is 38.3 Å². The number of nitrogens with zero attached hydrogens (tertiary/aromatic N) is 5. The molecule has 8 heteroatoms. The first-order valence-electron chi connectivity index (χ1n) is 10.4. The van der Waals surface area contributed by atoms with Crippen LogP contribution in [-0.2, 0) is 11.2 Å². The molecule has 1 aromatic heterocycles. The van der Waals surface area contributed by atoms with E-state index in [1.54, 1.807) is 11.1 Å². The number of rotatable bonds is 5. The summed E-state index contributed by atoms with van der Waals surface area (Å²) in [6.07, 6.45) is 4.65. The van der Waals surface area contributed by atoms with E-state index in [-0.39, 0.29) is 17.8 Å². The van der Waals surface area contributed by atoms with Crippen LogP contribution in [0.4, 0.5) is 4.39 Å². The van der Waals surface area contributed by atoms with Gasteiger partial charge in [0, 0.05) is 32.2 Å². The summed E-state index contributed by atoms with van der Waals surface area (Å²) in [6, 6.07) is 7.43. The van der Waals surface area contributed by atoms with Gasteiger partial charge in [-0.05, 0) is 43.9 Å². The Morgan fingerprint density at radius 1 is 1.17 bits per heavy atom. The molecule has 2 saturated heterocycles. The van der Waals surface area contributed by atoms with Crippen molar-refractivity contribution in [1.29, 1.82) is 0 Å². The average molecular weight is 401 g/mol. The molecule has 2 aliphatic rings. The zero-order valence-electron chi connectivity index (χ0n) is 16.8. The fraction of sp³-hybridized carbons (Fsp3) is 0.571. The first-order valence-corrected chi connectivity index (χ1v) is 10.4. The number of benzene rings is 1. The molecule has 0 bridgehead atoms. The Kier molecular flexibility index (Phi) is 6.20. The highest BCUT2D eigenvalue weighted by Gasteiger charge is 2.26. The molecule has 0 saturated carbocycles. The quantitative estimate of drug-likeness (QED) is 0.768. The largest absolute Gasteiger partial charge is 0.378 e. The molecule has 7 nitrogen and oxygen atoms in total. The Bertz CT molecular complexity index is 811. The van der Waals surface area contributed by atoms with Crippen LogP contribution in [0.5, 0.6) is 0 Å². The number of piperidine rings is 1. The van der Waals surface area contributed by atoms with Crippen molar-refractivity contribution in [2.24, 2.45) is 0 Å². The van der Waals surface area contributed by atoms with Gasteiger partial charge in [0.2, 0.25) is 0 Å². The molecule has 0 N–H and O–H groups in total. The summed E-state index contributed by atoms with van der Waals surface area (Å²) >= 11 is 0. The summed E-state index contributed by atoms with van der Waals surface area (Å²) in [5, 5.41) is 8.36. The lowest BCUT2D eigenvalue weighted by Crippen LogP contribution is -2.41. The molecule has 156 valence electrons. The van der Waals surface area contributed by atoms with Crippen molar-refractivity contribution in [3.05, 3.63) is 47.5 Å². The Balaban J connectivity index is 1.29. The fourth-order valence-electron chi connectivity index (χ4n) is 4.16. The highest BCUT2D eigenvalue weighted by molar-refractivity contribution is 5.92. The van der Waals surface area contributed by atoms with Gasteiger partial charge in [-0.3, -0.25) is 4.79 Å². The molecule has 3 heterocycles. The number of aromatic nitrogens is 3. The molecule has 0 radical (unpaired) electrons. The number of amides is 1. The molecule has 0 aliphatic carbocycles. The Morgan fingerprint density at radius 2 is 1.86 bits per heavy atom. The second-order valence-electron chi connectivity index (χ2n) is 7.94. The van der Waals surface area contributed by atoms with Crippen LogP contribution in [0.25, 0.3) is 0 Å². The van der Waals surface area contributed by atoms with Crippen LogP contribution < -0.4 is 0 Å². The molecule has 4 rings (SSSR count). The topological polar surface area (TPSA) is 63.5 Å². The van der Waals surface area contributed by atoms with Crippen molar-refractivity contribution in [1.82, 2.24) is 24.8 Å². The van der Waals surface area contributed by atoms with Crippen LogP contribution in [0.2, 0.25) is 0 Å². The van der Waals surface area contributed by atoms with Crippen molar-refractivity contribution >= 4 is 5.91 Å². The summed E-state index contributed by atoms with van der Waals surface area (Å²) in [5.41, 5.74) is 1.57. The fourth-order valence-corrected chi connectivity index (χ4v) is 4.16. The smallest absolute Gasteiger partial charge is 0.276 e. The number of halogens is 1. The lowest BCUT2D eigenvalue weighted by Gasteiger charge is -2.36. The van der Waals surface area contributed by atoms with Crippen LogP contribution in [0.3, 0.4) is 0 Å². The predicted octanol–water partition coefficient (Wildman–Crippen LogP) is 2.16. The van der Waals surface area contributed by atoms with E-state index in [0.29, 0.717) is 38.0 Å². The van der Waals surface area contributed by atoms with Gasteiger partial charge in [0.1, 0.15) is 5.82 Å². The minimum atomic E-state index is -0.193. The maximum Gasteiger partial charge on any atom is 0.276 e. The molecular formula is C21H28FN5O2. The van der Waals surface area contributed by atoms with E-state index in [1.807, 2.05) is 16.8 Å². The van der Waals surface area contributed by atoms with E-state index in [1.165, 1.54) is 12.1 Å².